The molecule has 1 N–H and O–H groups in total. The second kappa shape index (κ2) is 6.47. The van der Waals surface area contributed by atoms with Crippen LogP contribution in [0.3, 0.4) is 0 Å². The molecule has 2 heteroatoms. The highest BCUT2D eigenvalue weighted by atomic mass is 32.2. The quantitative estimate of drug-likeness (QED) is 0.789. The highest BCUT2D eigenvalue weighted by Gasteiger charge is 2.33. The Bertz CT molecular complexity index is 215. The number of thioether (sulfide) groups is 1. The van der Waals surface area contributed by atoms with Gasteiger partial charge in [0.2, 0.25) is 0 Å². The molecular formula is C15H29NS. The highest BCUT2D eigenvalue weighted by molar-refractivity contribution is 8.00. The second-order valence-electron chi connectivity index (χ2n) is 6.10. The molecule has 2 fully saturated rings. The lowest BCUT2D eigenvalue weighted by Gasteiger charge is -2.33. The average molecular weight is 255 g/mol. The van der Waals surface area contributed by atoms with Crippen LogP contribution >= 0.6 is 11.8 Å². The minimum Gasteiger partial charge on any atom is -0.313 e. The number of nitrogens with one attached hydrogen (secondary N) is 1. The van der Waals surface area contributed by atoms with Crippen molar-refractivity contribution in [2.75, 3.05) is 12.8 Å². The number of rotatable bonds is 5. The molecule has 17 heavy (non-hydrogen) atoms. The van der Waals surface area contributed by atoms with Crippen LogP contribution in [0.25, 0.3) is 0 Å². The molecule has 0 radical (unpaired) electrons. The van der Waals surface area contributed by atoms with E-state index < -0.39 is 0 Å². The fourth-order valence-corrected chi connectivity index (χ4v) is 4.50. The van der Waals surface area contributed by atoms with Gasteiger partial charge in [-0.05, 0) is 50.7 Å². The lowest BCUT2D eigenvalue weighted by Crippen LogP contribution is -2.42. The van der Waals surface area contributed by atoms with Gasteiger partial charge in [-0.25, -0.2) is 0 Å². The standard InChI is InChI=1S/C15H29NS/c1-3-13-6-8-14(9-7-13)16-12-15(17-2)10-4-5-11-15/h13-14,16H,3-12H2,1-2H3. The van der Waals surface area contributed by atoms with Gasteiger partial charge in [0.25, 0.3) is 0 Å². The third kappa shape index (κ3) is 3.64. The molecule has 0 unspecified atom stereocenters. The van der Waals surface area contributed by atoms with E-state index in [1.807, 2.05) is 0 Å². The summed E-state index contributed by atoms with van der Waals surface area (Å²) in [5.74, 6) is 1.02. The van der Waals surface area contributed by atoms with Crippen molar-refractivity contribution in [3.05, 3.63) is 0 Å². The fourth-order valence-electron chi connectivity index (χ4n) is 3.58. The summed E-state index contributed by atoms with van der Waals surface area (Å²) < 4.78 is 0.585. The first-order valence-electron chi connectivity index (χ1n) is 7.56. The molecule has 1 nitrogen and oxygen atoms in total. The van der Waals surface area contributed by atoms with Crippen LogP contribution in [0.2, 0.25) is 0 Å². The summed E-state index contributed by atoms with van der Waals surface area (Å²) in [7, 11) is 0. The molecule has 2 saturated carbocycles. The molecule has 100 valence electrons. The smallest absolute Gasteiger partial charge is 0.0281 e. The molecule has 0 aromatic heterocycles. The van der Waals surface area contributed by atoms with E-state index in [0.29, 0.717) is 4.75 Å². The van der Waals surface area contributed by atoms with Gasteiger partial charge in [-0.3, -0.25) is 0 Å². The maximum atomic E-state index is 3.88. The van der Waals surface area contributed by atoms with Crippen molar-refractivity contribution in [1.29, 1.82) is 0 Å². The summed E-state index contributed by atoms with van der Waals surface area (Å²) >= 11 is 2.11. The van der Waals surface area contributed by atoms with Gasteiger partial charge in [0.1, 0.15) is 0 Å². The molecular weight excluding hydrogens is 226 g/mol. The molecule has 0 amide bonds. The van der Waals surface area contributed by atoms with Gasteiger partial charge in [-0.15, -0.1) is 0 Å². The van der Waals surface area contributed by atoms with Gasteiger partial charge >= 0.3 is 0 Å². The second-order valence-corrected chi connectivity index (χ2v) is 7.38. The lowest BCUT2D eigenvalue weighted by molar-refractivity contribution is 0.280. The number of hydrogen-bond donors (Lipinski definition) is 1. The van der Waals surface area contributed by atoms with E-state index in [9.17, 15) is 0 Å². The maximum Gasteiger partial charge on any atom is 0.0281 e. The summed E-state index contributed by atoms with van der Waals surface area (Å²) in [4.78, 5) is 0. The van der Waals surface area contributed by atoms with Crippen LogP contribution in [0.4, 0.5) is 0 Å². The minimum absolute atomic E-state index is 0.585. The third-order valence-corrected chi connectivity index (χ3v) is 6.50. The Balaban J connectivity index is 1.71. The van der Waals surface area contributed by atoms with Crippen molar-refractivity contribution in [2.45, 2.75) is 75.5 Å². The Labute approximate surface area is 112 Å². The van der Waals surface area contributed by atoms with E-state index in [0.717, 1.165) is 12.0 Å². The summed E-state index contributed by atoms with van der Waals surface area (Å²) in [5.41, 5.74) is 0. The van der Waals surface area contributed by atoms with Crippen molar-refractivity contribution in [1.82, 2.24) is 5.32 Å². The molecule has 0 heterocycles. The van der Waals surface area contributed by atoms with Gasteiger partial charge in [-0.1, -0.05) is 26.2 Å². The molecule has 0 atom stereocenters. The van der Waals surface area contributed by atoms with E-state index >= 15 is 0 Å². The van der Waals surface area contributed by atoms with E-state index in [2.05, 4.69) is 30.3 Å². The average Bonchev–Trinajstić information content (AvgIpc) is 2.86. The van der Waals surface area contributed by atoms with Crippen LogP contribution in [0.5, 0.6) is 0 Å². The molecule has 0 aromatic carbocycles. The largest absolute Gasteiger partial charge is 0.313 e. The summed E-state index contributed by atoms with van der Waals surface area (Å²) in [5, 5.41) is 3.88. The van der Waals surface area contributed by atoms with Crippen LogP contribution in [-0.4, -0.2) is 23.6 Å². The van der Waals surface area contributed by atoms with Crippen LogP contribution in [0.15, 0.2) is 0 Å². The van der Waals surface area contributed by atoms with Gasteiger partial charge < -0.3 is 5.32 Å². The van der Waals surface area contributed by atoms with Crippen molar-refractivity contribution in [3.63, 3.8) is 0 Å². The zero-order chi connectivity index (χ0) is 12.1. The van der Waals surface area contributed by atoms with Crippen LogP contribution in [0, 0.1) is 5.92 Å². The molecule has 2 aliphatic rings. The Morgan fingerprint density at radius 3 is 2.29 bits per heavy atom. The van der Waals surface area contributed by atoms with Crippen molar-refractivity contribution in [2.24, 2.45) is 5.92 Å². The van der Waals surface area contributed by atoms with Gasteiger partial charge in [0, 0.05) is 17.3 Å². The zero-order valence-electron chi connectivity index (χ0n) is 11.6. The van der Waals surface area contributed by atoms with Gasteiger partial charge in [0.15, 0.2) is 0 Å². The first-order valence-corrected chi connectivity index (χ1v) is 8.79. The molecule has 0 spiro atoms. The molecule has 0 bridgehead atoms. The predicted octanol–water partition coefficient (Wildman–Crippen LogP) is 4.22. The SMILES string of the molecule is CCC1CCC(NCC2(SC)CCCC2)CC1. The van der Waals surface area contributed by atoms with E-state index in [1.165, 1.54) is 64.3 Å². The van der Waals surface area contributed by atoms with Crippen LogP contribution in [0.1, 0.15) is 64.7 Å². The van der Waals surface area contributed by atoms with Crippen molar-refractivity contribution >= 4 is 11.8 Å². The van der Waals surface area contributed by atoms with E-state index in [4.69, 9.17) is 0 Å². The van der Waals surface area contributed by atoms with Crippen molar-refractivity contribution in [3.8, 4) is 0 Å². The van der Waals surface area contributed by atoms with Crippen LogP contribution in [-0.2, 0) is 0 Å². The summed E-state index contributed by atoms with van der Waals surface area (Å²) in [6.45, 7) is 3.61. The lowest BCUT2D eigenvalue weighted by atomic mass is 9.84. The molecule has 0 aromatic rings. The molecule has 0 aliphatic heterocycles. The highest BCUT2D eigenvalue weighted by Crippen LogP contribution is 2.40. The Hall–Kier alpha value is 0.310. The van der Waals surface area contributed by atoms with Gasteiger partial charge in [0.05, 0.1) is 0 Å². The summed E-state index contributed by atoms with van der Waals surface area (Å²) in [6.07, 6.45) is 15.2. The minimum atomic E-state index is 0.585. The fraction of sp³-hybridized carbons (Fsp3) is 1.00. The Morgan fingerprint density at radius 1 is 1.12 bits per heavy atom. The van der Waals surface area contributed by atoms with E-state index in [1.54, 1.807) is 0 Å². The van der Waals surface area contributed by atoms with E-state index in [-0.39, 0.29) is 0 Å². The maximum absolute atomic E-state index is 3.88. The van der Waals surface area contributed by atoms with Gasteiger partial charge in [-0.2, -0.15) is 11.8 Å². The topological polar surface area (TPSA) is 12.0 Å². The summed E-state index contributed by atoms with van der Waals surface area (Å²) in [6, 6.07) is 0.822. The molecule has 2 rings (SSSR count). The number of hydrogen-bond acceptors (Lipinski definition) is 2. The first kappa shape index (κ1) is 13.7. The molecule has 0 saturated heterocycles. The Kier molecular flexibility index (Phi) is 5.23. The zero-order valence-corrected chi connectivity index (χ0v) is 12.5. The molecule has 2 aliphatic carbocycles. The van der Waals surface area contributed by atoms with Crippen molar-refractivity contribution < 1.29 is 0 Å². The first-order chi connectivity index (χ1) is 8.28. The Morgan fingerprint density at radius 2 is 1.76 bits per heavy atom. The predicted molar refractivity (Wildman–Crippen MR) is 78.8 cm³/mol. The van der Waals surface area contributed by atoms with Crippen LogP contribution < -0.4 is 5.32 Å². The third-order valence-electron chi connectivity index (χ3n) is 5.08. The normalized spacial score (nSPS) is 32.8. The monoisotopic (exact) mass is 255 g/mol.